The monoisotopic (exact) mass is 552 g/mol. The Morgan fingerprint density at radius 2 is 1.95 bits per heavy atom. The van der Waals surface area contributed by atoms with E-state index in [1.54, 1.807) is 22.0 Å². The number of benzene rings is 1. The zero-order valence-corrected chi connectivity index (χ0v) is 24.1. The maximum atomic E-state index is 14.5. The van der Waals surface area contributed by atoms with Gasteiger partial charge in [-0.3, -0.25) is 14.4 Å². The smallest absolute Gasteiger partial charge is 0.312 e. The van der Waals surface area contributed by atoms with Gasteiger partial charge < -0.3 is 24.4 Å². The van der Waals surface area contributed by atoms with E-state index < -0.39 is 41.1 Å². The summed E-state index contributed by atoms with van der Waals surface area (Å²) in [6.07, 6.45) is 6.34. The molecule has 6 atom stereocenters. The van der Waals surface area contributed by atoms with E-state index in [-0.39, 0.29) is 37.5 Å². The van der Waals surface area contributed by atoms with Crippen LogP contribution in [0.1, 0.15) is 58.4 Å². The summed E-state index contributed by atoms with van der Waals surface area (Å²) in [4.78, 5) is 45.7. The predicted octanol–water partition coefficient (Wildman–Crippen LogP) is 3.88. The molecular formula is C32H44N2O6. The van der Waals surface area contributed by atoms with Crippen LogP contribution in [-0.4, -0.2) is 75.7 Å². The molecule has 1 spiro atoms. The Kier molecular flexibility index (Phi) is 9.20. The second-order valence-corrected chi connectivity index (χ2v) is 12.0. The van der Waals surface area contributed by atoms with Crippen molar-refractivity contribution in [2.24, 2.45) is 17.8 Å². The van der Waals surface area contributed by atoms with Gasteiger partial charge in [0.25, 0.3) is 0 Å². The number of esters is 1. The van der Waals surface area contributed by atoms with E-state index in [1.807, 2.05) is 51.1 Å². The van der Waals surface area contributed by atoms with Crippen molar-refractivity contribution in [1.82, 2.24) is 9.80 Å². The number of likely N-dealkylation sites (tertiary alicyclic amines) is 1. The summed E-state index contributed by atoms with van der Waals surface area (Å²) in [6.45, 7) is 14.0. The van der Waals surface area contributed by atoms with Crippen LogP contribution in [0, 0.1) is 17.8 Å². The third kappa shape index (κ3) is 5.36. The van der Waals surface area contributed by atoms with E-state index in [4.69, 9.17) is 9.47 Å². The van der Waals surface area contributed by atoms with Crippen LogP contribution in [0.4, 0.5) is 0 Å². The van der Waals surface area contributed by atoms with Crippen LogP contribution >= 0.6 is 0 Å². The Morgan fingerprint density at radius 1 is 1.23 bits per heavy atom. The van der Waals surface area contributed by atoms with Gasteiger partial charge in [0.05, 0.1) is 30.8 Å². The van der Waals surface area contributed by atoms with Gasteiger partial charge in [-0.05, 0) is 50.5 Å². The molecule has 8 heteroatoms. The lowest BCUT2D eigenvalue weighted by Crippen LogP contribution is -2.58. The van der Waals surface area contributed by atoms with E-state index in [2.05, 4.69) is 13.2 Å². The first-order chi connectivity index (χ1) is 19.1. The summed E-state index contributed by atoms with van der Waals surface area (Å²) in [7, 11) is 0. The summed E-state index contributed by atoms with van der Waals surface area (Å²) in [5, 5.41) is 10.5. The van der Waals surface area contributed by atoms with Crippen molar-refractivity contribution in [3.8, 4) is 0 Å². The lowest BCUT2D eigenvalue weighted by atomic mass is 9.66. The molecule has 1 aromatic rings. The summed E-state index contributed by atoms with van der Waals surface area (Å²) in [5.74, 6) is -2.53. The van der Waals surface area contributed by atoms with E-state index in [0.29, 0.717) is 32.2 Å². The van der Waals surface area contributed by atoms with Gasteiger partial charge in [-0.25, -0.2) is 0 Å². The van der Waals surface area contributed by atoms with Crippen LogP contribution in [0.15, 0.2) is 55.6 Å². The molecule has 8 nitrogen and oxygen atoms in total. The molecule has 2 bridgehead atoms. The molecular weight excluding hydrogens is 508 g/mol. The molecule has 40 heavy (non-hydrogen) atoms. The van der Waals surface area contributed by atoms with Crippen LogP contribution in [0.25, 0.3) is 0 Å². The largest absolute Gasteiger partial charge is 0.465 e. The highest BCUT2D eigenvalue weighted by atomic mass is 16.6. The number of amides is 2. The second-order valence-electron chi connectivity index (χ2n) is 12.0. The quantitative estimate of drug-likeness (QED) is 0.214. The minimum atomic E-state index is -1.17. The number of fused-ring (bicyclic) bond motifs is 1. The Bertz CT molecular complexity index is 1110. The fourth-order valence-corrected chi connectivity index (χ4v) is 7.07. The number of hydrogen-bond donors (Lipinski definition) is 1. The molecule has 3 saturated heterocycles. The molecule has 0 aromatic heterocycles. The number of carbonyl (C=O) groups is 3. The number of ether oxygens (including phenoxy) is 2. The van der Waals surface area contributed by atoms with Crippen molar-refractivity contribution >= 4 is 17.8 Å². The molecule has 3 fully saturated rings. The van der Waals surface area contributed by atoms with Crippen molar-refractivity contribution in [2.75, 3.05) is 19.8 Å². The van der Waals surface area contributed by atoms with Crippen molar-refractivity contribution in [3.63, 3.8) is 0 Å². The number of nitrogens with zero attached hydrogens (tertiary/aromatic N) is 2. The molecule has 0 aliphatic carbocycles. The predicted molar refractivity (Wildman–Crippen MR) is 152 cm³/mol. The number of aliphatic hydroxyl groups excluding tert-OH is 1. The summed E-state index contributed by atoms with van der Waals surface area (Å²) < 4.78 is 12.4. The first-order valence-electron chi connectivity index (χ1n) is 14.5. The highest BCUT2D eigenvalue weighted by molar-refractivity contribution is 5.98. The zero-order chi connectivity index (χ0) is 29.1. The van der Waals surface area contributed by atoms with Crippen LogP contribution < -0.4 is 0 Å². The molecule has 0 saturated carbocycles. The average molecular weight is 553 g/mol. The van der Waals surface area contributed by atoms with Gasteiger partial charge in [0.2, 0.25) is 11.8 Å². The van der Waals surface area contributed by atoms with Gasteiger partial charge in [0.15, 0.2) is 0 Å². The number of rotatable bonds is 14. The third-order valence-electron chi connectivity index (χ3n) is 8.72. The third-order valence-corrected chi connectivity index (χ3v) is 8.72. The van der Waals surface area contributed by atoms with Crippen molar-refractivity contribution in [2.45, 2.75) is 82.7 Å². The van der Waals surface area contributed by atoms with Crippen molar-refractivity contribution in [3.05, 3.63) is 61.2 Å². The van der Waals surface area contributed by atoms with Gasteiger partial charge in [0.1, 0.15) is 17.6 Å². The number of hydrogen-bond acceptors (Lipinski definition) is 6. The Labute approximate surface area is 238 Å². The molecule has 2 amide bonds. The zero-order valence-electron chi connectivity index (χ0n) is 24.1. The Morgan fingerprint density at radius 3 is 2.58 bits per heavy atom. The highest BCUT2D eigenvalue weighted by Crippen LogP contribution is 2.63. The lowest BCUT2D eigenvalue weighted by Gasteiger charge is -2.40. The van der Waals surface area contributed by atoms with E-state index in [1.165, 1.54) is 0 Å². The minimum Gasteiger partial charge on any atom is -0.465 e. The molecule has 1 aromatic carbocycles. The lowest BCUT2D eigenvalue weighted by molar-refractivity contribution is -0.162. The van der Waals surface area contributed by atoms with Crippen molar-refractivity contribution < 1.29 is 29.0 Å². The van der Waals surface area contributed by atoms with Crippen LogP contribution in [0.3, 0.4) is 0 Å². The maximum Gasteiger partial charge on any atom is 0.312 e. The first kappa shape index (κ1) is 30.0. The summed E-state index contributed by atoms with van der Waals surface area (Å²) >= 11 is 0. The molecule has 3 aliphatic rings. The highest BCUT2D eigenvalue weighted by Gasteiger charge is 2.79. The fourth-order valence-electron chi connectivity index (χ4n) is 7.07. The van der Waals surface area contributed by atoms with Crippen LogP contribution in [-0.2, 0) is 30.4 Å². The molecule has 0 radical (unpaired) electrons. The van der Waals surface area contributed by atoms with Crippen LogP contribution in [0.5, 0.6) is 0 Å². The molecule has 1 N–H and O–H groups in total. The summed E-state index contributed by atoms with van der Waals surface area (Å²) in [5.41, 5.74) is -1.13. The molecule has 4 rings (SSSR count). The number of aliphatic hydroxyl groups is 1. The SMILES string of the molecule is C=CCCCOC(=O)[C@@H]1[C@H]2C(=O)N([C@@H](CO)CC(C)C)C(C(=O)N(CC=C)Cc3ccccc3)C23CC[C@@]1(C)O3. The van der Waals surface area contributed by atoms with Gasteiger partial charge in [-0.2, -0.15) is 0 Å². The molecule has 218 valence electrons. The maximum absolute atomic E-state index is 14.5. The number of unbranched alkanes of at least 4 members (excludes halogenated alkanes) is 1. The van der Waals surface area contributed by atoms with Gasteiger partial charge in [-0.1, -0.05) is 56.3 Å². The van der Waals surface area contributed by atoms with Crippen molar-refractivity contribution in [1.29, 1.82) is 0 Å². The van der Waals surface area contributed by atoms with E-state index >= 15 is 0 Å². The molecule has 2 unspecified atom stereocenters. The van der Waals surface area contributed by atoms with E-state index in [0.717, 1.165) is 12.0 Å². The minimum absolute atomic E-state index is 0.174. The fraction of sp³-hybridized carbons (Fsp3) is 0.594. The normalized spacial score (nSPS) is 29.4. The number of allylic oxidation sites excluding steroid dienone is 1. The average Bonchev–Trinajstić information content (AvgIpc) is 3.50. The van der Waals surface area contributed by atoms with Gasteiger partial charge >= 0.3 is 5.97 Å². The standard InChI is InChI=1S/C32H44N2O6/c1-6-8-12-18-39-30(38)26-25-28(36)34(24(21-35)19-22(3)4)27(32(25)16-15-31(26,5)40-32)29(37)33(17-7-2)20-23-13-10-9-11-14-23/h6-7,9-11,13-14,22,24-27,35H,1-2,8,12,15-21H2,3-5H3/t24-,25+,26+,27?,31-,32?/m1/s1. The first-order valence-corrected chi connectivity index (χ1v) is 14.5. The molecule has 3 heterocycles. The van der Waals surface area contributed by atoms with E-state index in [9.17, 15) is 19.5 Å². The van der Waals surface area contributed by atoms with Gasteiger partial charge in [0, 0.05) is 13.1 Å². The van der Waals surface area contributed by atoms with Crippen LogP contribution in [0.2, 0.25) is 0 Å². The Balaban J connectivity index is 1.74. The summed E-state index contributed by atoms with van der Waals surface area (Å²) in [6, 6.07) is 8.12. The Hall–Kier alpha value is -2.97. The molecule has 3 aliphatic heterocycles. The topological polar surface area (TPSA) is 96.4 Å². The second kappa shape index (κ2) is 12.3. The number of carbonyl (C=O) groups excluding carboxylic acids is 3. The van der Waals surface area contributed by atoms with Gasteiger partial charge in [-0.15, -0.1) is 13.2 Å².